The average molecular weight is 246 g/mol. The summed E-state index contributed by atoms with van der Waals surface area (Å²) in [5.74, 6) is 0. The Morgan fingerprint density at radius 1 is 1.50 bits per heavy atom. The molecule has 0 bridgehead atoms. The molecule has 0 saturated heterocycles. The van der Waals surface area contributed by atoms with Crippen LogP contribution in [0.2, 0.25) is 5.02 Å². The molecule has 2 heterocycles. The van der Waals surface area contributed by atoms with E-state index in [1.54, 1.807) is 0 Å². The predicted molar refractivity (Wildman–Crippen MR) is 52.6 cm³/mol. The van der Waals surface area contributed by atoms with E-state index in [9.17, 15) is 0 Å². The molecule has 0 aliphatic carbocycles. The van der Waals surface area contributed by atoms with Gasteiger partial charge in [0.25, 0.3) is 0 Å². The Hall–Kier alpha value is -0.540. The van der Waals surface area contributed by atoms with Crippen molar-refractivity contribution in [1.82, 2.24) is 9.38 Å². The molecule has 4 heteroatoms. The van der Waals surface area contributed by atoms with Crippen molar-refractivity contribution in [3.63, 3.8) is 0 Å². The number of rotatable bonds is 0. The zero-order valence-electron chi connectivity index (χ0n) is 6.38. The van der Waals surface area contributed by atoms with Crippen LogP contribution >= 0.6 is 27.5 Å². The summed E-state index contributed by atoms with van der Waals surface area (Å²) in [4.78, 5) is 4.27. The van der Waals surface area contributed by atoms with E-state index in [1.165, 1.54) is 0 Å². The lowest BCUT2D eigenvalue weighted by Gasteiger charge is -1.97. The van der Waals surface area contributed by atoms with E-state index < -0.39 is 0 Å². The highest BCUT2D eigenvalue weighted by Crippen LogP contribution is 2.18. The molecule has 0 saturated carbocycles. The van der Waals surface area contributed by atoms with E-state index in [2.05, 4.69) is 20.9 Å². The normalized spacial score (nSPS) is 10.9. The molecule has 0 aliphatic rings. The molecular formula is C8H6BrClN2. The molecule has 62 valence electrons. The minimum atomic E-state index is 0.727. The number of pyridine rings is 1. The van der Waals surface area contributed by atoms with Crippen molar-refractivity contribution in [1.29, 1.82) is 0 Å². The molecule has 12 heavy (non-hydrogen) atoms. The number of aryl methyl sites for hydroxylation is 1. The van der Waals surface area contributed by atoms with Crippen LogP contribution in [0.15, 0.2) is 23.1 Å². The molecule has 0 unspecified atom stereocenters. The van der Waals surface area contributed by atoms with Gasteiger partial charge in [-0.05, 0) is 34.5 Å². The van der Waals surface area contributed by atoms with Crippen LogP contribution in [0.1, 0.15) is 5.56 Å². The zero-order chi connectivity index (χ0) is 8.72. The van der Waals surface area contributed by atoms with Crippen LogP contribution in [0.25, 0.3) is 5.65 Å². The quantitative estimate of drug-likeness (QED) is 0.697. The fourth-order valence-corrected chi connectivity index (χ4v) is 1.85. The smallest absolute Gasteiger partial charge is 0.141 e. The number of fused-ring (bicyclic) bond motifs is 1. The van der Waals surface area contributed by atoms with Crippen molar-refractivity contribution in [3.8, 4) is 0 Å². The van der Waals surface area contributed by atoms with Gasteiger partial charge in [-0.3, -0.25) is 0 Å². The zero-order valence-corrected chi connectivity index (χ0v) is 8.72. The number of aromatic nitrogens is 2. The van der Waals surface area contributed by atoms with Crippen LogP contribution in [0.4, 0.5) is 0 Å². The largest absolute Gasteiger partial charge is 0.304 e. The van der Waals surface area contributed by atoms with Gasteiger partial charge in [0.2, 0.25) is 0 Å². The van der Waals surface area contributed by atoms with Gasteiger partial charge in [0.15, 0.2) is 0 Å². The maximum absolute atomic E-state index is 5.87. The van der Waals surface area contributed by atoms with Gasteiger partial charge in [-0.15, -0.1) is 0 Å². The minimum absolute atomic E-state index is 0.727. The van der Waals surface area contributed by atoms with Crippen molar-refractivity contribution >= 4 is 33.2 Å². The Morgan fingerprint density at radius 3 is 3.00 bits per heavy atom. The summed E-state index contributed by atoms with van der Waals surface area (Å²) < 4.78 is 2.73. The van der Waals surface area contributed by atoms with Crippen LogP contribution in [-0.2, 0) is 0 Å². The number of hydrogen-bond acceptors (Lipinski definition) is 1. The molecule has 2 nitrogen and oxygen atoms in total. The van der Waals surface area contributed by atoms with Gasteiger partial charge in [-0.2, -0.15) is 0 Å². The van der Waals surface area contributed by atoms with Gasteiger partial charge in [0.05, 0.1) is 5.02 Å². The first kappa shape index (κ1) is 8.08. The van der Waals surface area contributed by atoms with Gasteiger partial charge in [0, 0.05) is 12.4 Å². The lowest BCUT2D eigenvalue weighted by molar-refractivity contribution is 1.16. The maximum Gasteiger partial charge on any atom is 0.141 e. The van der Waals surface area contributed by atoms with Crippen molar-refractivity contribution in [2.45, 2.75) is 6.92 Å². The van der Waals surface area contributed by atoms with Gasteiger partial charge in [-0.25, -0.2) is 4.98 Å². The molecule has 0 radical (unpaired) electrons. The maximum atomic E-state index is 5.87. The van der Waals surface area contributed by atoms with Crippen LogP contribution < -0.4 is 0 Å². The molecule has 2 rings (SSSR count). The molecule has 2 aromatic heterocycles. The van der Waals surface area contributed by atoms with E-state index in [-0.39, 0.29) is 0 Å². The van der Waals surface area contributed by atoms with Crippen LogP contribution in [0.3, 0.4) is 0 Å². The number of nitrogens with zero attached hydrogens (tertiary/aromatic N) is 2. The van der Waals surface area contributed by atoms with E-state index in [1.807, 2.05) is 29.8 Å². The Labute approximate surface area is 83.3 Å². The molecular weight excluding hydrogens is 239 g/mol. The van der Waals surface area contributed by atoms with Gasteiger partial charge in [-0.1, -0.05) is 11.6 Å². The highest BCUT2D eigenvalue weighted by Gasteiger charge is 2.02. The topological polar surface area (TPSA) is 17.3 Å². The summed E-state index contributed by atoms with van der Waals surface area (Å²) >= 11 is 9.18. The first-order chi connectivity index (χ1) is 5.66. The van der Waals surface area contributed by atoms with Crippen molar-refractivity contribution in [2.75, 3.05) is 0 Å². The Morgan fingerprint density at radius 2 is 2.25 bits per heavy atom. The van der Waals surface area contributed by atoms with E-state index in [4.69, 9.17) is 11.6 Å². The standard InChI is InChI=1S/C8H6BrClN2/c1-5-2-6(10)3-12-4-7(9)11-8(5)12/h2-4H,1H3. The van der Waals surface area contributed by atoms with Crippen LogP contribution in [-0.4, -0.2) is 9.38 Å². The second-order valence-corrected chi connectivity index (χ2v) is 3.88. The fraction of sp³-hybridized carbons (Fsp3) is 0.125. The third-order valence-electron chi connectivity index (χ3n) is 1.67. The van der Waals surface area contributed by atoms with E-state index in [0.29, 0.717) is 0 Å². The molecule has 2 aromatic rings. The van der Waals surface area contributed by atoms with Crippen molar-refractivity contribution in [3.05, 3.63) is 33.6 Å². The van der Waals surface area contributed by atoms with E-state index >= 15 is 0 Å². The summed E-state index contributed by atoms with van der Waals surface area (Å²) in [7, 11) is 0. The molecule has 0 atom stereocenters. The number of halogens is 2. The predicted octanol–water partition coefficient (Wildman–Crippen LogP) is 3.06. The van der Waals surface area contributed by atoms with Crippen molar-refractivity contribution < 1.29 is 0 Å². The summed E-state index contributed by atoms with van der Waals surface area (Å²) in [6.07, 6.45) is 3.72. The summed E-state index contributed by atoms with van der Waals surface area (Å²) in [5, 5.41) is 0.727. The molecule has 0 amide bonds. The number of imidazole rings is 1. The van der Waals surface area contributed by atoms with Gasteiger partial charge in [0.1, 0.15) is 10.3 Å². The van der Waals surface area contributed by atoms with Crippen LogP contribution in [0, 0.1) is 6.92 Å². The first-order valence-corrected chi connectivity index (χ1v) is 4.64. The molecule has 0 N–H and O–H groups in total. The lowest BCUT2D eigenvalue weighted by atomic mass is 10.3. The second kappa shape index (κ2) is 2.75. The Bertz CT molecular complexity index is 436. The average Bonchev–Trinajstić information content (AvgIpc) is 2.29. The molecule has 0 fully saturated rings. The summed E-state index contributed by atoms with van der Waals surface area (Å²) in [6.45, 7) is 1.99. The van der Waals surface area contributed by atoms with Gasteiger partial charge < -0.3 is 4.40 Å². The third-order valence-corrected chi connectivity index (χ3v) is 2.26. The monoisotopic (exact) mass is 244 g/mol. The molecule has 0 spiro atoms. The molecule has 0 aliphatic heterocycles. The highest BCUT2D eigenvalue weighted by atomic mass is 79.9. The first-order valence-electron chi connectivity index (χ1n) is 3.47. The summed E-state index contributed by atoms with van der Waals surface area (Å²) in [6, 6.07) is 1.90. The van der Waals surface area contributed by atoms with E-state index in [0.717, 1.165) is 20.8 Å². The number of hydrogen-bond donors (Lipinski definition) is 0. The lowest BCUT2D eigenvalue weighted by Crippen LogP contribution is -1.85. The Balaban J connectivity index is 2.88. The second-order valence-electron chi connectivity index (χ2n) is 2.64. The Kier molecular flexibility index (Phi) is 1.85. The third kappa shape index (κ3) is 1.23. The highest BCUT2D eigenvalue weighted by molar-refractivity contribution is 9.10. The van der Waals surface area contributed by atoms with Crippen LogP contribution in [0.5, 0.6) is 0 Å². The SMILES string of the molecule is Cc1cc(Cl)cn2cc(Br)nc12. The summed E-state index contributed by atoms with van der Waals surface area (Å²) in [5.41, 5.74) is 2.01. The van der Waals surface area contributed by atoms with Crippen molar-refractivity contribution in [2.24, 2.45) is 0 Å². The molecule has 0 aromatic carbocycles. The van der Waals surface area contributed by atoms with Gasteiger partial charge >= 0.3 is 0 Å². The minimum Gasteiger partial charge on any atom is -0.304 e. The fourth-order valence-electron chi connectivity index (χ4n) is 1.20.